The molecule has 1 aliphatic heterocycles. The first-order chi connectivity index (χ1) is 15.0. The van der Waals surface area contributed by atoms with Crippen molar-refractivity contribution >= 4 is 51.4 Å². The molecule has 0 unspecified atom stereocenters. The van der Waals surface area contributed by atoms with Crippen LogP contribution in [0.3, 0.4) is 0 Å². The summed E-state index contributed by atoms with van der Waals surface area (Å²) in [6.07, 6.45) is 1.64. The lowest BCUT2D eigenvalue weighted by atomic mass is 10.1. The van der Waals surface area contributed by atoms with Gasteiger partial charge in [-0.2, -0.15) is 0 Å². The third-order valence-electron chi connectivity index (χ3n) is 4.87. The molecule has 1 aliphatic rings. The Morgan fingerprint density at radius 1 is 1.06 bits per heavy atom. The Balaban J connectivity index is 1.64. The van der Waals surface area contributed by atoms with Crippen LogP contribution in [0.4, 0.5) is 4.79 Å². The van der Waals surface area contributed by atoms with Gasteiger partial charge in [0.25, 0.3) is 11.1 Å². The molecule has 4 rings (SSSR count). The zero-order chi connectivity index (χ0) is 22.0. The molecular formula is C24H20ClNO4S. The zero-order valence-corrected chi connectivity index (χ0v) is 18.6. The van der Waals surface area contributed by atoms with Gasteiger partial charge in [-0.25, -0.2) is 0 Å². The van der Waals surface area contributed by atoms with E-state index in [1.54, 1.807) is 18.2 Å². The number of imide groups is 1. The van der Waals surface area contributed by atoms with Crippen LogP contribution in [0.1, 0.15) is 18.1 Å². The van der Waals surface area contributed by atoms with E-state index in [1.807, 2.05) is 31.2 Å². The fraction of sp³-hybridized carbons (Fsp3) is 0.167. The van der Waals surface area contributed by atoms with Gasteiger partial charge in [0.05, 0.1) is 16.5 Å². The third-order valence-corrected chi connectivity index (χ3v) is 6.11. The van der Waals surface area contributed by atoms with Crippen LogP contribution in [0.25, 0.3) is 16.8 Å². The van der Waals surface area contributed by atoms with Gasteiger partial charge in [0.1, 0.15) is 6.61 Å². The standard InChI is InChI=1S/C24H20ClNO4S/c1-3-29-20-12-15(13-21-23(27)26(2)24(28)31-21)11-19(25)22(20)30-14-17-9-6-8-16-7-4-5-10-18(16)17/h4-13H,3,14H2,1-2H3/b21-13-. The fourth-order valence-corrected chi connectivity index (χ4v) is 4.44. The first kappa shape index (κ1) is 21.3. The van der Waals surface area contributed by atoms with E-state index in [4.69, 9.17) is 21.1 Å². The summed E-state index contributed by atoms with van der Waals surface area (Å²) in [7, 11) is 1.46. The Morgan fingerprint density at radius 2 is 1.84 bits per heavy atom. The molecule has 0 aliphatic carbocycles. The number of carbonyl (C=O) groups excluding carboxylic acids is 2. The Kier molecular flexibility index (Phi) is 6.20. The van der Waals surface area contributed by atoms with E-state index < -0.39 is 0 Å². The lowest BCUT2D eigenvalue weighted by molar-refractivity contribution is -0.121. The number of amides is 2. The topological polar surface area (TPSA) is 55.8 Å². The van der Waals surface area contributed by atoms with E-state index in [1.165, 1.54) is 7.05 Å². The quantitative estimate of drug-likeness (QED) is 0.420. The minimum absolute atomic E-state index is 0.303. The second kappa shape index (κ2) is 9.04. The Morgan fingerprint density at radius 3 is 2.58 bits per heavy atom. The van der Waals surface area contributed by atoms with Crippen molar-refractivity contribution in [3.05, 3.63) is 75.7 Å². The van der Waals surface area contributed by atoms with E-state index in [9.17, 15) is 9.59 Å². The second-order valence-electron chi connectivity index (χ2n) is 6.93. The van der Waals surface area contributed by atoms with Crippen molar-refractivity contribution in [2.45, 2.75) is 13.5 Å². The van der Waals surface area contributed by atoms with Gasteiger partial charge in [-0.3, -0.25) is 14.5 Å². The molecule has 5 nitrogen and oxygen atoms in total. The summed E-state index contributed by atoms with van der Waals surface area (Å²) >= 11 is 7.43. The molecular weight excluding hydrogens is 434 g/mol. The number of ether oxygens (including phenoxy) is 2. The summed E-state index contributed by atoms with van der Waals surface area (Å²) in [4.78, 5) is 25.4. The highest BCUT2D eigenvalue weighted by molar-refractivity contribution is 8.18. The molecule has 1 saturated heterocycles. The number of hydrogen-bond acceptors (Lipinski definition) is 5. The monoisotopic (exact) mass is 453 g/mol. The zero-order valence-electron chi connectivity index (χ0n) is 17.1. The molecule has 3 aromatic rings. The number of benzene rings is 3. The first-order valence-electron chi connectivity index (χ1n) is 9.75. The van der Waals surface area contributed by atoms with Crippen LogP contribution in [0.2, 0.25) is 5.02 Å². The molecule has 0 bridgehead atoms. The van der Waals surface area contributed by atoms with E-state index >= 15 is 0 Å². The molecule has 0 spiro atoms. The maximum Gasteiger partial charge on any atom is 0.293 e. The smallest absolute Gasteiger partial charge is 0.293 e. The molecule has 0 atom stereocenters. The molecule has 0 radical (unpaired) electrons. The lowest BCUT2D eigenvalue weighted by Gasteiger charge is -2.15. The van der Waals surface area contributed by atoms with Gasteiger partial charge in [-0.05, 0) is 58.8 Å². The number of nitrogens with zero attached hydrogens (tertiary/aromatic N) is 1. The average molecular weight is 454 g/mol. The minimum Gasteiger partial charge on any atom is -0.490 e. The van der Waals surface area contributed by atoms with Gasteiger partial charge in [0, 0.05) is 7.05 Å². The summed E-state index contributed by atoms with van der Waals surface area (Å²) in [5, 5.41) is 2.32. The van der Waals surface area contributed by atoms with Crippen molar-refractivity contribution in [3.63, 3.8) is 0 Å². The summed E-state index contributed by atoms with van der Waals surface area (Å²) in [6.45, 7) is 2.63. The van der Waals surface area contributed by atoms with Crippen LogP contribution in [0.5, 0.6) is 11.5 Å². The molecule has 0 saturated carbocycles. The van der Waals surface area contributed by atoms with Gasteiger partial charge < -0.3 is 9.47 Å². The number of halogens is 1. The number of fused-ring (bicyclic) bond motifs is 1. The Labute approximate surface area is 189 Å². The van der Waals surface area contributed by atoms with E-state index in [0.29, 0.717) is 40.2 Å². The summed E-state index contributed by atoms with van der Waals surface area (Å²) in [5.74, 6) is 0.592. The van der Waals surface area contributed by atoms with Gasteiger partial charge in [0.15, 0.2) is 11.5 Å². The molecule has 0 aromatic heterocycles. The van der Waals surface area contributed by atoms with E-state index in [-0.39, 0.29) is 11.1 Å². The number of hydrogen-bond donors (Lipinski definition) is 0. The first-order valence-corrected chi connectivity index (χ1v) is 10.9. The highest BCUT2D eigenvalue weighted by Crippen LogP contribution is 2.39. The lowest BCUT2D eigenvalue weighted by Crippen LogP contribution is -2.22. The molecule has 7 heteroatoms. The van der Waals surface area contributed by atoms with Crippen molar-refractivity contribution in [2.24, 2.45) is 0 Å². The third kappa shape index (κ3) is 4.40. The molecule has 3 aromatic carbocycles. The largest absolute Gasteiger partial charge is 0.490 e. The van der Waals surface area contributed by atoms with Crippen LogP contribution in [0.15, 0.2) is 59.5 Å². The maximum atomic E-state index is 12.2. The summed E-state index contributed by atoms with van der Waals surface area (Å²) in [5.41, 5.74) is 1.70. The van der Waals surface area contributed by atoms with Crippen LogP contribution in [-0.2, 0) is 11.4 Å². The highest BCUT2D eigenvalue weighted by atomic mass is 35.5. The van der Waals surface area contributed by atoms with E-state index in [0.717, 1.165) is 33.0 Å². The van der Waals surface area contributed by atoms with Crippen molar-refractivity contribution < 1.29 is 19.1 Å². The van der Waals surface area contributed by atoms with Gasteiger partial charge >= 0.3 is 0 Å². The van der Waals surface area contributed by atoms with Crippen molar-refractivity contribution in [1.29, 1.82) is 0 Å². The summed E-state index contributed by atoms with van der Waals surface area (Å²) in [6, 6.07) is 17.7. The van der Waals surface area contributed by atoms with Crippen LogP contribution >= 0.6 is 23.4 Å². The molecule has 2 amide bonds. The predicted octanol–water partition coefficient (Wildman–Crippen LogP) is 6.14. The van der Waals surface area contributed by atoms with Crippen LogP contribution in [0, 0.1) is 0 Å². The number of thioether (sulfide) groups is 1. The van der Waals surface area contributed by atoms with Crippen LogP contribution < -0.4 is 9.47 Å². The molecule has 158 valence electrons. The molecule has 31 heavy (non-hydrogen) atoms. The number of carbonyl (C=O) groups is 2. The number of likely N-dealkylation sites (N-methyl/N-ethyl adjacent to an activating group) is 1. The average Bonchev–Trinajstić information content (AvgIpc) is 3.00. The highest BCUT2D eigenvalue weighted by Gasteiger charge is 2.31. The Bertz CT molecular complexity index is 1200. The maximum absolute atomic E-state index is 12.2. The SMILES string of the molecule is CCOc1cc(/C=C2\SC(=O)N(C)C2=O)cc(Cl)c1OCc1cccc2ccccc12. The Hall–Kier alpha value is -2.96. The van der Waals surface area contributed by atoms with Crippen molar-refractivity contribution in [1.82, 2.24) is 4.90 Å². The molecule has 1 fully saturated rings. The normalized spacial score (nSPS) is 15.2. The summed E-state index contributed by atoms with van der Waals surface area (Å²) < 4.78 is 11.8. The van der Waals surface area contributed by atoms with Crippen molar-refractivity contribution in [3.8, 4) is 11.5 Å². The van der Waals surface area contributed by atoms with E-state index in [2.05, 4.69) is 18.2 Å². The fourth-order valence-electron chi connectivity index (χ4n) is 3.34. The minimum atomic E-state index is -0.333. The molecule has 0 N–H and O–H groups in total. The van der Waals surface area contributed by atoms with Gasteiger partial charge in [-0.1, -0.05) is 54.1 Å². The molecule has 1 heterocycles. The van der Waals surface area contributed by atoms with Crippen LogP contribution in [-0.4, -0.2) is 29.7 Å². The predicted molar refractivity (Wildman–Crippen MR) is 125 cm³/mol. The number of rotatable bonds is 6. The van der Waals surface area contributed by atoms with Crippen molar-refractivity contribution in [2.75, 3.05) is 13.7 Å². The second-order valence-corrected chi connectivity index (χ2v) is 8.33. The van der Waals surface area contributed by atoms with Gasteiger partial charge in [0.2, 0.25) is 0 Å². The van der Waals surface area contributed by atoms with Gasteiger partial charge in [-0.15, -0.1) is 0 Å².